The van der Waals surface area contributed by atoms with Crippen LogP contribution in [-0.2, 0) is 9.53 Å². The quantitative estimate of drug-likeness (QED) is 0.776. The summed E-state index contributed by atoms with van der Waals surface area (Å²) in [5.74, 6) is -0.0636. The summed E-state index contributed by atoms with van der Waals surface area (Å²) in [6, 6.07) is 0. The van der Waals surface area contributed by atoms with E-state index in [0.717, 1.165) is 5.57 Å². The Kier molecular flexibility index (Phi) is 5.87. The van der Waals surface area contributed by atoms with Crippen LogP contribution in [0.25, 0.3) is 0 Å². The minimum Gasteiger partial charge on any atom is -0.427 e. The lowest BCUT2D eigenvalue weighted by Gasteiger charge is -2.49. The molecule has 1 rings (SSSR count). The first kappa shape index (κ1) is 19.9. The number of hydrogen-bond acceptors (Lipinski definition) is 4. The van der Waals surface area contributed by atoms with Crippen molar-refractivity contribution in [1.82, 2.24) is 0 Å². The Morgan fingerprint density at radius 1 is 1.26 bits per heavy atom. The second-order valence-corrected chi connectivity index (χ2v) is 8.45. The molecule has 2 unspecified atom stereocenters. The van der Waals surface area contributed by atoms with Crippen molar-refractivity contribution in [3.63, 3.8) is 0 Å². The lowest BCUT2D eigenvalue weighted by Crippen LogP contribution is -2.50. The highest BCUT2D eigenvalue weighted by Crippen LogP contribution is 2.50. The second-order valence-electron chi connectivity index (χ2n) is 8.45. The predicted octanol–water partition coefficient (Wildman–Crippen LogP) is 3.59. The first-order valence-electron chi connectivity index (χ1n) is 8.34. The number of hydrogen-bond donors (Lipinski definition) is 2. The Labute approximate surface area is 140 Å². The van der Waals surface area contributed by atoms with Crippen LogP contribution in [0.15, 0.2) is 23.5 Å². The van der Waals surface area contributed by atoms with Crippen LogP contribution < -0.4 is 0 Å². The standard InChI is InChI=1S/C19H32O4/c1-8-16(21)23-13-11-14(17(2,3)4)19(22,9-10-20)15(12-13)18(5,6)7/h11-12,14,20,22H,8-10H2,1-7H3. The molecule has 0 aliphatic heterocycles. The van der Waals surface area contributed by atoms with E-state index >= 15 is 0 Å². The number of aliphatic hydroxyl groups is 2. The molecule has 0 heterocycles. The third-order valence-electron chi connectivity index (χ3n) is 4.35. The van der Waals surface area contributed by atoms with Gasteiger partial charge in [0.25, 0.3) is 0 Å². The molecular formula is C19H32O4. The molecule has 0 radical (unpaired) electrons. The maximum absolute atomic E-state index is 11.7. The summed E-state index contributed by atoms with van der Waals surface area (Å²) in [4.78, 5) is 11.7. The molecular weight excluding hydrogens is 292 g/mol. The Morgan fingerprint density at radius 2 is 1.83 bits per heavy atom. The van der Waals surface area contributed by atoms with Crippen molar-refractivity contribution in [3.8, 4) is 0 Å². The average molecular weight is 324 g/mol. The van der Waals surface area contributed by atoms with Gasteiger partial charge in [-0.1, -0.05) is 48.5 Å². The summed E-state index contributed by atoms with van der Waals surface area (Å²) < 4.78 is 5.43. The van der Waals surface area contributed by atoms with Crippen molar-refractivity contribution in [3.05, 3.63) is 23.5 Å². The van der Waals surface area contributed by atoms with E-state index in [-0.39, 0.29) is 35.7 Å². The van der Waals surface area contributed by atoms with Gasteiger partial charge in [0.05, 0.1) is 5.60 Å². The molecule has 0 fully saturated rings. The van der Waals surface area contributed by atoms with E-state index < -0.39 is 5.60 Å². The third kappa shape index (κ3) is 4.45. The first-order valence-corrected chi connectivity index (χ1v) is 8.34. The Morgan fingerprint density at radius 3 is 2.22 bits per heavy atom. The smallest absolute Gasteiger partial charge is 0.310 e. The number of carbonyl (C=O) groups is 1. The molecule has 0 aromatic carbocycles. The number of ether oxygens (including phenoxy) is 1. The zero-order valence-electron chi connectivity index (χ0n) is 15.6. The van der Waals surface area contributed by atoms with E-state index in [1.54, 1.807) is 13.0 Å². The fourth-order valence-electron chi connectivity index (χ4n) is 3.34. The van der Waals surface area contributed by atoms with Gasteiger partial charge in [0.1, 0.15) is 5.76 Å². The summed E-state index contributed by atoms with van der Waals surface area (Å²) in [5, 5.41) is 21.0. The number of aliphatic hydroxyl groups excluding tert-OH is 1. The maximum atomic E-state index is 11.7. The van der Waals surface area contributed by atoms with Crippen LogP contribution in [0, 0.1) is 16.7 Å². The minimum atomic E-state index is -1.16. The molecule has 0 spiro atoms. The fourth-order valence-corrected chi connectivity index (χ4v) is 3.34. The number of carbonyl (C=O) groups excluding carboxylic acids is 1. The molecule has 0 aromatic heterocycles. The molecule has 1 aliphatic carbocycles. The van der Waals surface area contributed by atoms with Gasteiger partial charge in [-0.15, -0.1) is 0 Å². The van der Waals surface area contributed by atoms with Crippen molar-refractivity contribution in [2.75, 3.05) is 6.61 Å². The highest BCUT2D eigenvalue weighted by atomic mass is 16.5. The number of esters is 1. The van der Waals surface area contributed by atoms with Gasteiger partial charge in [-0.05, 0) is 28.6 Å². The lowest BCUT2D eigenvalue weighted by molar-refractivity contribution is -0.139. The van der Waals surface area contributed by atoms with Crippen molar-refractivity contribution in [2.24, 2.45) is 16.7 Å². The Hall–Kier alpha value is -1.13. The van der Waals surface area contributed by atoms with Crippen molar-refractivity contribution < 1.29 is 19.7 Å². The summed E-state index contributed by atoms with van der Waals surface area (Å²) in [6.07, 6.45) is 4.16. The molecule has 0 saturated heterocycles. The summed E-state index contributed by atoms with van der Waals surface area (Å²) in [6.45, 7) is 13.8. The highest BCUT2D eigenvalue weighted by molar-refractivity contribution is 5.70. The molecule has 4 heteroatoms. The summed E-state index contributed by atoms with van der Waals surface area (Å²) >= 11 is 0. The molecule has 0 aromatic rings. The summed E-state index contributed by atoms with van der Waals surface area (Å²) in [7, 11) is 0. The molecule has 4 nitrogen and oxygen atoms in total. The molecule has 132 valence electrons. The van der Waals surface area contributed by atoms with Crippen LogP contribution in [0.2, 0.25) is 0 Å². The monoisotopic (exact) mass is 324 g/mol. The Balaban J connectivity index is 3.46. The first-order chi connectivity index (χ1) is 10.4. The van der Waals surface area contributed by atoms with Gasteiger partial charge in [-0.25, -0.2) is 0 Å². The molecule has 23 heavy (non-hydrogen) atoms. The van der Waals surface area contributed by atoms with E-state index in [0.29, 0.717) is 12.2 Å². The van der Waals surface area contributed by atoms with E-state index in [9.17, 15) is 15.0 Å². The molecule has 0 bridgehead atoms. The van der Waals surface area contributed by atoms with Crippen LogP contribution in [0.5, 0.6) is 0 Å². The van der Waals surface area contributed by atoms with Crippen LogP contribution in [0.1, 0.15) is 61.3 Å². The average Bonchev–Trinajstić information content (AvgIpc) is 2.38. The van der Waals surface area contributed by atoms with E-state index in [1.165, 1.54) is 0 Å². The number of rotatable bonds is 4. The lowest BCUT2D eigenvalue weighted by atomic mass is 9.60. The van der Waals surface area contributed by atoms with Crippen LogP contribution >= 0.6 is 0 Å². The third-order valence-corrected chi connectivity index (χ3v) is 4.35. The normalized spacial score (nSPS) is 25.7. The van der Waals surface area contributed by atoms with Gasteiger partial charge in [0.2, 0.25) is 0 Å². The minimum absolute atomic E-state index is 0.103. The van der Waals surface area contributed by atoms with Gasteiger partial charge in [0, 0.05) is 25.4 Å². The van der Waals surface area contributed by atoms with Gasteiger partial charge in [-0.2, -0.15) is 0 Å². The molecule has 2 N–H and O–H groups in total. The molecule has 2 atom stereocenters. The van der Waals surface area contributed by atoms with Crippen LogP contribution in [0.4, 0.5) is 0 Å². The van der Waals surface area contributed by atoms with Crippen molar-refractivity contribution in [2.45, 2.75) is 66.9 Å². The SMILES string of the molecule is CCC(=O)OC1=CC(C(C)(C)C)C(O)(CCO)C(C(C)(C)C)=C1. The fraction of sp³-hybridized carbons (Fsp3) is 0.737. The van der Waals surface area contributed by atoms with Gasteiger partial charge >= 0.3 is 5.97 Å². The zero-order valence-corrected chi connectivity index (χ0v) is 15.6. The van der Waals surface area contributed by atoms with E-state index in [2.05, 4.69) is 0 Å². The predicted molar refractivity (Wildman–Crippen MR) is 91.6 cm³/mol. The van der Waals surface area contributed by atoms with Gasteiger partial charge in [-0.3, -0.25) is 4.79 Å². The Bertz CT molecular complexity index is 502. The van der Waals surface area contributed by atoms with E-state index in [1.807, 2.05) is 47.6 Å². The van der Waals surface area contributed by atoms with E-state index in [4.69, 9.17) is 4.74 Å². The second kappa shape index (κ2) is 6.78. The van der Waals surface area contributed by atoms with Crippen molar-refractivity contribution in [1.29, 1.82) is 0 Å². The maximum Gasteiger partial charge on any atom is 0.310 e. The topological polar surface area (TPSA) is 66.8 Å². The van der Waals surface area contributed by atoms with Gasteiger partial charge in [0.15, 0.2) is 0 Å². The highest BCUT2D eigenvalue weighted by Gasteiger charge is 2.49. The van der Waals surface area contributed by atoms with Crippen LogP contribution in [-0.4, -0.2) is 28.4 Å². The van der Waals surface area contributed by atoms with Gasteiger partial charge < -0.3 is 14.9 Å². The van der Waals surface area contributed by atoms with Crippen molar-refractivity contribution >= 4 is 5.97 Å². The number of allylic oxidation sites excluding steroid dienone is 1. The largest absolute Gasteiger partial charge is 0.427 e. The molecule has 0 saturated carbocycles. The van der Waals surface area contributed by atoms with Crippen LogP contribution in [0.3, 0.4) is 0 Å². The zero-order chi connectivity index (χ0) is 18.1. The molecule has 1 aliphatic rings. The molecule has 0 amide bonds. The summed E-state index contributed by atoms with van der Waals surface area (Å²) in [5.41, 5.74) is -0.933.